The maximum atomic E-state index is 13.1. The van der Waals surface area contributed by atoms with Gasteiger partial charge in [-0.1, -0.05) is 25.1 Å². The number of halogens is 3. The van der Waals surface area contributed by atoms with Gasteiger partial charge in [0.2, 0.25) is 0 Å². The summed E-state index contributed by atoms with van der Waals surface area (Å²) in [4.78, 5) is 3.01. The van der Waals surface area contributed by atoms with Crippen LogP contribution in [0.2, 0.25) is 0 Å². The molecule has 5 heteroatoms. The average molecular weight is 285 g/mol. The van der Waals surface area contributed by atoms with Gasteiger partial charge in [0.1, 0.15) is 5.60 Å². The normalized spacial score (nSPS) is 16.5. The van der Waals surface area contributed by atoms with Gasteiger partial charge in [-0.15, -0.1) is 0 Å². The van der Waals surface area contributed by atoms with Crippen molar-refractivity contribution in [2.24, 2.45) is 5.92 Å². The van der Waals surface area contributed by atoms with E-state index in [1.54, 1.807) is 6.07 Å². The average Bonchev–Trinajstić information content (AvgIpc) is 2.79. The highest BCUT2D eigenvalue weighted by molar-refractivity contribution is 5.80. The molecule has 2 rings (SSSR count). The van der Waals surface area contributed by atoms with Gasteiger partial charge in [-0.3, -0.25) is 4.39 Å². The zero-order valence-corrected chi connectivity index (χ0v) is 11.2. The number of rotatable bonds is 6. The molecule has 0 spiro atoms. The molecule has 0 aliphatic carbocycles. The van der Waals surface area contributed by atoms with E-state index in [-0.39, 0.29) is 12.8 Å². The van der Waals surface area contributed by atoms with Crippen LogP contribution in [0.1, 0.15) is 19.0 Å². The van der Waals surface area contributed by atoms with Crippen molar-refractivity contribution >= 4 is 10.9 Å². The van der Waals surface area contributed by atoms with Crippen LogP contribution in [0.4, 0.5) is 13.2 Å². The lowest BCUT2D eigenvalue weighted by Gasteiger charge is -2.28. The van der Waals surface area contributed by atoms with E-state index in [4.69, 9.17) is 0 Å². The Morgan fingerprint density at radius 3 is 2.60 bits per heavy atom. The molecule has 1 heterocycles. The summed E-state index contributed by atoms with van der Waals surface area (Å²) in [5.74, 6) is -0.599. The highest BCUT2D eigenvalue weighted by atomic mass is 19.3. The van der Waals surface area contributed by atoms with Crippen molar-refractivity contribution in [3.8, 4) is 0 Å². The van der Waals surface area contributed by atoms with Gasteiger partial charge in [0, 0.05) is 17.6 Å². The summed E-state index contributed by atoms with van der Waals surface area (Å²) in [6.07, 6.45) is -3.40. The topological polar surface area (TPSA) is 36.0 Å². The highest BCUT2D eigenvalue weighted by Gasteiger charge is 2.39. The first kappa shape index (κ1) is 14.9. The number of hydrogen-bond acceptors (Lipinski definition) is 1. The van der Waals surface area contributed by atoms with Crippen molar-refractivity contribution in [2.45, 2.75) is 31.8 Å². The van der Waals surface area contributed by atoms with Gasteiger partial charge < -0.3 is 10.1 Å². The molecule has 2 aromatic rings. The van der Waals surface area contributed by atoms with Crippen LogP contribution in [-0.4, -0.2) is 28.8 Å². The zero-order chi connectivity index (χ0) is 14.8. The van der Waals surface area contributed by atoms with Gasteiger partial charge >= 0.3 is 0 Å². The van der Waals surface area contributed by atoms with Crippen molar-refractivity contribution in [1.29, 1.82) is 0 Å². The van der Waals surface area contributed by atoms with E-state index in [1.807, 2.05) is 24.3 Å². The number of para-hydroxylation sites is 1. The monoisotopic (exact) mass is 285 g/mol. The van der Waals surface area contributed by atoms with Gasteiger partial charge in [-0.25, -0.2) is 8.78 Å². The molecule has 110 valence electrons. The van der Waals surface area contributed by atoms with Crippen molar-refractivity contribution < 1.29 is 18.3 Å². The molecule has 2 N–H and O–H groups in total. The van der Waals surface area contributed by atoms with E-state index in [2.05, 4.69) is 4.98 Å². The lowest BCUT2D eigenvalue weighted by molar-refractivity contribution is -0.109. The Kier molecular flexibility index (Phi) is 4.38. The molecule has 0 amide bonds. The lowest BCUT2D eigenvalue weighted by Crippen LogP contribution is -2.41. The van der Waals surface area contributed by atoms with E-state index in [9.17, 15) is 18.3 Å². The largest absolute Gasteiger partial charge is 0.384 e. The number of aliphatic hydroxyl groups is 1. The summed E-state index contributed by atoms with van der Waals surface area (Å²) < 4.78 is 38.8. The molecule has 2 nitrogen and oxygen atoms in total. The predicted octanol–water partition coefficient (Wildman–Crippen LogP) is 3.70. The fourth-order valence-electron chi connectivity index (χ4n) is 2.45. The van der Waals surface area contributed by atoms with Crippen LogP contribution in [-0.2, 0) is 6.42 Å². The number of benzene rings is 1. The Labute approximate surface area is 115 Å². The first-order valence-electron chi connectivity index (χ1n) is 6.58. The molecule has 0 aliphatic rings. The zero-order valence-electron chi connectivity index (χ0n) is 11.2. The SMILES string of the molecule is CC(CF)CC(O)(Cc1cc2ccccc2[nH]1)C(F)F. The maximum absolute atomic E-state index is 13.1. The Hall–Kier alpha value is -1.49. The molecule has 2 atom stereocenters. The van der Waals surface area contributed by atoms with E-state index in [1.165, 1.54) is 6.92 Å². The summed E-state index contributed by atoms with van der Waals surface area (Å²) in [7, 11) is 0. The second-order valence-electron chi connectivity index (χ2n) is 5.43. The van der Waals surface area contributed by atoms with Crippen LogP contribution in [0, 0.1) is 5.92 Å². The fraction of sp³-hybridized carbons (Fsp3) is 0.467. The van der Waals surface area contributed by atoms with Crippen LogP contribution in [0.15, 0.2) is 30.3 Å². The van der Waals surface area contributed by atoms with E-state index in [0.29, 0.717) is 5.69 Å². The molecule has 1 aromatic heterocycles. The number of H-pyrrole nitrogens is 1. The Morgan fingerprint density at radius 1 is 1.30 bits per heavy atom. The molecular weight excluding hydrogens is 267 g/mol. The van der Waals surface area contributed by atoms with Crippen LogP contribution in [0.3, 0.4) is 0 Å². The molecular formula is C15H18F3NO. The third-order valence-corrected chi connectivity index (χ3v) is 3.45. The minimum atomic E-state index is -2.91. The molecule has 0 saturated heterocycles. The molecule has 0 bridgehead atoms. The third kappa shape index (κ3) is 3.15. The summed E-state index contributed by atoms with van der Waals surface area (Å²) >= 11 is 0. The third-order valence-electron chi connectivity index (χ3n) is 3.45. The molecule has 0 radical (unpaired) electrons. The van der Waals surface area contributed by atoms with E-state index >= 15 is 0 Å². The summed E-state index contributed by atoms with van der Waals surface area (Å²) in [5.41, 5.74) is -0.843. The van der Waals surface area contributed by atoms with Crippen molar-refractivity contribution in [3.05, 3.63) is 36.0 Å². The molecule has 20 heavy (non-hydrogen) atoms. The number of aromatic nitrogens is 1. The number of hydrogen-bond donors (Lipinski definition) is 2. The van der Waals surface area contributed by atoms with Crippen LogP contribution in [0.5, 0.6) is 0 Å². The Bertz CT molecular complexity index is 536. The van der Waals surface area contributed by atoms with Crippen LogP contribution >= 0.6 is 0 Å². The van der Waals surface area contributed by atoms with Crippen molar-refractivity contribution in [1.82, 2.24) is 4.98 Å². The lowest BCUT2D eigenvalue weighted by atomic mass is 9.88. The van der Waals surface area contributed by atoms with E-state index in [0.717, 1.165) is 10.9 Å². The second kappa shape index (κ2) is 5.87. The highest BCUT2D eigenvalue weighted by Crippen LogP contribution is 2.29. The van der Waals surface area contributed by atoms with Crippen molar-refractivity contribution in [2.75, 3.05) is 6.67 Å². The number of alkyl halides is 3. The van der Waals surface area contributed by atoms with Gasteiger partial charge in [0.15, 0.2) is 0 Å². The summed E-state index contributed by atoms with van der Waals surface area (Å²) in [6, 6.07) is 9.13. The number of aromatic amines is 1. The van der Waals surface area contributed by atoms with Gasteiger partial charge in [0.25, 0.3) is 6.43 Å². The standard InChI is InChI=1S/C15H18F3NO/c1-10(9-16)7-15(20,14(17)18)8-12-6-11-4-2-3-5-13(11)19-12/h2-6,10,14,19-20H,7-9H2,1H3. The minimum Gasteiger partial charge on any atom is -0.384 e. The Morgan fingerprint density at radius 2 is 2.00 bits per heavy atom. The van der Waals surface area contributed by atoms with E-state index < -0.39 is 24.6 Å². The fourth-order valence-corrected chi connectivity index (χ4v) is 2.45. The van der Waals surface area contributed by atoms with Gasteiger partial charge in [-0.05, 0) is 29.9 Å². The number of fused-ring (bicyclic) bond motifs is 1. The molecule has 1 aromatic carbocycles. The van der Waals surface area contributed by atoms with Gasteiger partial charge in [-0.2, -0.15) is 0 Å². The number of nitrogens with one attached hydrogen (secondary N) is 1. The van der Waals surface area contributed by atoms with Crippen molar-refractivity contribution in [3.63, 3.8) is 0 Å². The Balaban J connectivity index is 2.23. The molecule has 0 fully saturated rings. The first-order valence-corrected chi connectivity index (χ1v) is 6.58. The molecule has 0 saturated carbocycles. The summed E-state index contributed by atoms with van der Waals surface area (Å²) in [6.45, 7) is 0.792. The molecule has 0 aliphatic heterocycles. The minimum absolute atomic E-state index is 0.219. The van der Waals surface area contributed by atoms with Gasteiger partial charge in [0.05, 0.1) is 6.67 Å². The smallest absolute Gasteiger partial charge is 0.267 e. The van der Waals surface area contributed by atoms with Crippen LogP contribution in [0.25, 0.3) is 10.9 Å². The quantitative estimate of drug-likeness (QED) is 0.834. The first-order chi connectivity index (χ1) is 9.44. The predicted molar refractivity (Wildman–Crippen MR) is 72.7 cm³/mol. The molecule has 2 unspecified atom stereocenters. The maximum Gasteiger partial charge on any atom is 0.267 e. The summed E-state index contributed by atoms with van der Waals surface area (Å²) in [5, 5.41) is 11.0. The second-order valence-corrected chi connectivity index (χ2v) is 5.43. The van der Waals surface area contributed by atoms with Crippen LogP contribution < -0.4 is 0 Å².